The van der Waals surface area contributed by atoms with E-state index in [1.54, 1.807) is 12.3 Å². The highest BCUT2D eigenvalue weighted by Gasteiger charge is 2.14. The average molecular weight is 212 g/mol. The van der Waals surface area contributed by atoms with Gasteiger partial charge in [-0.15, -0.1) is 0 Å². The van der Waals surface area contributed by atoms with Crippen molar-refractivity contribution in [2.75, 3.05) is 19.8 Å². The molecule has 0 saturated heterocycles. The van der Waals surface area contributed by atoms with Crippen LogP contribution in [0.25, 0.3) is 0 Å². The van der Waals surface area contributed by atoms with Crippen LogP contribution in [-0.4, -0.2) is 24.7 Å². The van der Waals surface area contributed by atoms with Crippen LogP contribution in [0.3, 0.4) is 0 Å². The van der Waals surface area contributed by atoms with Gasteiger partial charge in [0.05, 0.1) is 18.8 Å². The van der Waals surface area contributed by atoms with E-state index in [0.717, 1.165) is 6.54 Å². The summed E-state index contributed by atoms with van der Waals surface area (Å²) in [6, 6.07) is 1.58. The minimum atomic E-state index is -0.289. The molecule has 1 aromatic rings. The Morgan fingerprint density at radius 1 is 1.53 bits per heavy atom. The van der Waals surface area contributed by atoms with Gasteiger partial charge in [0.1, 0.15) is 5.82 Å². The van der Waals surface area contributed by atoms with Crippen molar-refractivity contribution in [3.8, 4) is 0 Å². The van der Waals surface area contributed by atoms with E-state index in [4.69, 9.17) is 4.74 Å². The molecule has 0 saturated carbocycles. The van der Waals surface area contributed by atoms with Crippen molar-refractivity contribution >= 4 is 0 Å². The van der Waals surface area contributed by atoms with Gasteiger partial charge in [0, 0.05) is 18.4 Å². The third-order valence-corrected chi connectivity index (χ3v) is 2.12. The Labute approximate surface area is 89.7 Å². The maximum Gasteiger partial charge on any atom is 0.146 e. The van der Waals surface area contributed by atoms with Crippen molar-refractivity contribution in [2.24, 2.45) is 0 Å². The molecule has 3 nitrogen and oxygen atoms in total. The first-order valence-corrected chi connectivity index (χ1v) is 5.20. The van der Waals surface area contributed by atoms with Crippen LogP contribution in [0, 0.1) is 5.82 Å². The summed E-state index contributed by atoms with van der Waals surface area (Å²) in [6.07, 6.45) is 2.82. The third kappa shape index (κ3) is 3.57. The van der Waals surface area contributed by atoms with Gasteiger partial charge in [0.2, 0.25) is 0 Å². The first-order valence-electron chi connectivity index (χ1n) is 5.20. The molecule has 4 heteroatoms. The second-order valence-electron chi connectivity index (χ2n) is 3.17. The van der Waals surface area contributed by atoms with Crippen LogP contribution in [0.2, 0.25) is 0 Å². The summed E-state index contributed by atoms with van der Waals surface area (Å²) in [4.78, 5) is 3.72. The van der Waals surface area contributed by atoms with E-state index in [1.807, 2.05) is 13.8 Å². The van der Waals surface area contributed by atoms with Gasteiger partial charge < -0.3 is 10.1 Å². The van der Waals surface area contributed by atoms with Gasteiger partial charge in [-0.2, -0.15) is 0 Å². The number of halogens is 1. The number of likely N-dealkylation sites (N-methyl/N-ethyl adjacent to an activating group) is 1. The lowest BCUT2D eigenvalue weighted by Crippen LogP contribution is -2.26. The number of pyridine rings is 1. The van der Waals surface area contributed by atoms with Gasteiger partial charge in [0.15, 0.2) is 0 Å². The Morgan fingerprint density at radius 2 is 2.33 bits per heavy atom. The van der Waals surface area contributed by atoms with Crippen LogP contribution in [0.15, 0.2) is 18.5 Å². The molecule has 84 valence electrons. The molecular weight excluding hydrogens is 195 g/mol. The fourth-order valence-corrected chi connectivity index (χ4v) is 1.41. The number of nitrogens with zero attached hydrogens (tertiary/aromatic N) is 1. The Balaban J connectivity index is 2.74. The number of hydrogen-bond donors (Lipinski definition) is 1. The Hall–Kier alpha value is -1.00. The highest BCUT2D eigenvalue weighted by molar-refractivity contribution is 5.17. The first-order chi connectivity index (χ1) is 7.29. The summed E-state index contributed by atoms with van der Waals surface area (Å²) in [7, 11) is 0. The molecule has 0 bridgehead atoms. The highest BCUT2D eigenvalue weighted by Crippen LogP contribution is 2.15. The first kappa shape index (κ1) is 12.1. The predicted molar refractivity (Wildman–Crippen MR) is 57.1 cm³/mol. The third-order valence-electron chi connectivity index (χ3n) is 2.12. The normalized spacial score (nSPS) is 12.7. The van der Waals surface area contributed by atoms with Gasteiger partial charge >= 0.3 is 0 Å². The topological polar surface area (TPSA) is 34.1 Å². The molecule has 0 spiro atoms. The number of rotatable bonds is 6. The van der Waals surface area contributed by atoms with Gasteiger partial charge in [0.25, 0.3) is 0 Å². The molecule has 15 heavy (non-hydrogen) atoms. The van der Waals surface area contributed by atoms with Crippen molar-refractivity contribution in [3.63, 3.8) is 0 Å². The van der Waals surface area contributed by atoms with E-state index in [9.17, 15) is 4.39 Å². The summed E-state index contributed by atoms with van der Waals surface area (Å²) in [5.74, 6) is -0.289. The number of aromatic nitrogens is 1. The van der Waals surface area contributed by atoms with Crippen molar-refractivity contribution in [1.29, 1.82) is 0 Å². The van der Waals surface area contributed by atoms with Crippen molar-refractivity contribution < 1.29 is 9.13 Å². The quantitative estimate of drug-likeness (QED) is 0.782. The molecule has 0 radical (unpaired) electrons. The van der Waals surface area contributed by atoms with E-state index in [1.165, 1.54) is 6.20 Å². The molecule has 0 aliphatic rings. The maximum absolute atomic E-state index is 13.4. The van der Waals surface area contributed by atoms with Crippen LogP contribution in [-0.2, 0) is 4.74 Å². The van der Waals surface area contributed by atoms with Crippen molar-refractivity contribution in [1.82, 2.24) is 10.3 Å². The number of nitrogens with one attached hydrogen (secondary N) is 1. The number of hydrogen-bond acceptors (Lipinski definition) is 3. The van der Waals surface area contributed by atoms with Crippen LogP contribution in [0.4, 0.5) is 4.39 Å². The molecular formula is C11H17FN2O. The predicted octanol–water partition coefficient (Wildman–Crippen LogP) is 1.91. The van der Waals surface area contributed by atoms with Crippen molar-refractivity contribution in [3.05, 3.63) is 29.8 Å². The molecule has 0 aromatic carbocycles. The molecule has 0 amide bonds. The Morgan fingerprint density at radius 3 is 2.93 bits per heavy atom. The van der Waals surface area contributed by atoms with Crippen molar-refractivity contribution in [2.45, 2.75) is 19.9 Å². The second-order valence-corrected chi connectivity index (χ2v) is 3.17. The largest absolute Gasteiger partial charge is 0.380 e. The summed E-state index contributed by atoms with van der Waals surface area (Å²) >= 11 is 0. The van der Waals surface area contributed by atoms with Gasteiger partial charge in [-0.3, -0.25) is 4.98 Å². The maximum atomic E-state index is 13.4. The van der Waals surface area contributed by atoms with Crippen LogP contribution < -0.4 is 5.32 Å². The Kier molecular flexibility index (Phi) is 5.21. The summed E-state index contributed by atoms with van der Waals surface area (Å²) < 4.78 is 18.7. The lowest BCUT2D eigenvalue weighted by atomic mass is 10.1. The standard InChI is InChI=1S/C11H17FN2O/c1-3-14-11(8-15-4-2)9-5-6-13-7-10(9)12/h5-7,11,14H,3-4,8H2,1-2H3. The summed E-state index contributed by atoms with van der Waals surface area (Å²) in [5, 5.41) is 3.18. The summed E-state index contributed by atoms with van der Waals surface area (Å²) in [5.41, 5.74) is 0.611. The Bertz CT molecular complexity index is 294. The van der Waals surface area contributed by atoms with Crippen LogP contribution in [0.5, 0.6) is 0 Å². The molecule has 1 rings (SSSR count). The molecule has 1 unspecified atom stereocenters. The minimum Gasteiger partial charge on any atom is -0.380 e. The van der Waals surface area contributed by atoms with Crippen LogP contribution in [0.1, 0.15) is 25.5 Å². The summed E-state index contributed by atoms with van der Waals surface area (Å²) in [6.45, 7) is 5.79. The average Bonchev–Trinajstić information content (AvgIpc) is 2.25. The van der Waals surface area contributed by atoms with Gasteiger partial charge in [-0.05, 0) is 19.5 Å². The SMILES string of the molecule is CCNC(COCC)c1ccncc1F. The van der Waals surface area contributed by atoms with Crippen LogP contribution >= 0.6 is 0 Å². The zero-order valence-corrected chi connectivity index (χ0v) is 9.16. The highest BCUT2D eigenvalue weighted by atomic mass is 19.1. The second kappa shape index (κ2) is 6.48. The molecule has 1 atom stereocenters. The fourth-order valence-electron chi connectivity index (χ4n) is 1.41. The smallest absolute Gasteiger partial charge is 0.146 e. The van der Waals surface area contributed by atoms with E-state index in [-0.39, 0.29) is 11.9 Å². The van der Waals surface area contributed by atoms with E-state index < -0.39 is 0 Å². The van der Waals surface area contributed by atoms with Gasteiger partial charge in [-0.25, -0.2) is 4.39 Å². The molecule has 1 aromatic heterocycles. The fraction of sp³-hybridized carbons (Fsp3) is 0.545. The van der Waals surface area contributed by atoms with Gasteiger partial charge in [-0.1, -0.05) is 6.92 Å². The molecule has 1 heterocycles. The lowest BCUT2D eigenvalue weighted by molar-refractivity contribution is 0.122. The monoisotopic (exact) mass is 212 g/mol. The minimum absolute atomic E-state index is 0.0991. The molecule has 0 aliphatic heterocycles. The van der Waals surface area contributed by atoms with E-state index in [2.05, 4.69) is 10.3 Å². The van der Waals surface area contributed by atoms with E-state index in [0.29, 0.717) is 18.8 Å². The molecule has 0 aliphatic carbocycles. The molecule has 1 N–H and O–H groups in total. The zero-order chi connectivity index (χ0) is 11.1. The zero-order valence-electron chi connectivity index (χ0n) is 9.16. The number of ether oxygens (including phenoxy) is 1. The lowest BCUT2D eigenvalue weighted by Gasteiger charge is -2.18. The molecule has 0 fully saturated rings. The van der Waals surface area contributed by atoms with E-state index >= 15 is 0 Å².